The molecule has 0 aliphatic rings. The minimum absolute atomic E-state index is 0.0896. The largest absolute Gasteiger partial charge is 0.494 e. The molecule has 0 unspecified atom stereocenters. The summed E-state index contributed by atoms with van der Waals surface area (Å²) < 4.78 is 18.5. The normalized spacial score (nSPS) is 10.5. The van der Waals surface area contributed by atoms with Crippen molar-refractivity contribution in [1.82, 2.24) is 20.2 Å². The second kappa shape index (κ2) is 6.35. The van der Waals surface area contributed by atoms with Crippen molar-refractivity contribution in [3.8, 4) is 17.1 Å². The number of Topliss-reactive ketones (excluding diaryl/α,β-unsaturated/α-hetero) is 1. The van der Waals surface area contributed by atoms with Crippen LogP contribution < -0.4 is 4.74 Å². The average molecular weight is 312 g/mol. The topological polar surface area (TPSA) is 69.9 Å². The van der Waals surface area contributed by atoms with Crippen LogP contribution in [0.15, 0.2) is 48.5 Å². The zero-order valence-corrected chi connectivity index (χ0v) is 12.3. The fraction of sp³-hybridized carbons (Fsp3) is 0.125. The summed E-state index contributed by atoms with van der Waals surface area (Å²) in [6.07, 6.45) is 0. The molecule has 7 heteroatoms. The molecule has 1 aromatic heterocycles. The molecule has 1 heterocycles. The highest BCUT2D eigenvalue weighted by atomic mass is 19.1. The van der Waals surface area contributed by atoms with Crippen molar-refractivity contribution in [2.75, 3.05) is 7.11 Å². The van der Waals surface area contributed by atoms with Gasteiger partial charge in [0, 0.05) is 11.1 Å². The predicted molar refractivity (Wildman–Crippen MR) is 80.5 cm³/mol. The van der Waals surface area contributed by atoms with Gasteiger partial charge in [-0.25, -0.2) is 4.39 Å². The number of carbonyl (C=O) groups is 1. The number of rotatable bonds is 5. The van der Waals surface area contributed by atoms with Crippen molar-refractivity contribution < 1.29 is 13.9 Å². The molecule has 0 fully saturated rings. The number of benzene rings is 2. The van der Waals surface area contributed by atoms with Gasteiger partial charge in [-0.2, -0.15) is 4.80 Å². The van der Waals surface area contributed by atoms with Crippen molar-refractivity contribution in [1.29, 1.82) is 0 Å². The predicted octanol–water partition coefficient (Wildman–Crippen LogP) is 2.37. The molecule has 0 bridgehead atoms. The minimum atomic E-state index is -0.588. The zero-order chi connectivity index (χ0) is 16.2. The molecule has 0 radical (unpaired) electrons. The van der Waals surface area contributed by atoms with Crippen molar-refractivity contribution in [2.24, 2.45) is 0 Å². The van der Waals surface area contributed by atoms with Gasteiger partial charge in [0.15, 0.2) is 17.3 Å². The minimum Gasteiger partial charge on any atom is -0.494 e. The maximum Gasteiger partial charge on any atom is 0.204 e. The van der Waals surface area contributed by atoms with Crippen LogP contribution in [0.5, 0.6) is 5.75 Å². The molecule has 0 N–H and O–H groups in total. The van der Waals surface area contributed by atoms with Gasteiger partial charge in [0.1, 0.15) is 6.54 Å². The molecule has 0 spiro atoms. The Morgan fingerprint density at radius 3 is 2.70 bits per heavy atom. The monoisotopic (exact) mass is 312 g/mol. The molecule has 0 saturated carbocycles. The highest BCUT2D eigenvalue weighted by Crippen LogP contribution is 2.18. The van der Waals surface area contributed by atoms with E-state index in [1.165, 1.54) is 24.0 Å². The van der Waals surface area contributed by atoms with Crippen LogP contribution in [0, 0.1) is 5.82 Å². The SMILES string of the molecule is COc1ccc(C(=O)Cn2nnc(-c3ccccc3)n2)cc1F. The van der Waals surface area contributed by atoms with E-state index in [0.29, 0.717) is 5.82 Å². The van der Waals surface area contributed by atoms with Crippen molar-refractivity contribution in [2.45, 2.75) is 6.54 Å². The lowest BCUT2D eigenvalue weighted by molar-refractivity contribution is 0.0961. The second-order valence-corrected chi connectivity index (χ2v) is 4.78. The van der Waals surface area contributed by atoms with E-state index in [1.54, 1.807) is 0 Å². The average Bonchev–Trinajstić information content (AvgIpc) is 3.04. The van der Waals surface area contributed by atoms with Gasteiger partial charge in [-0.05, 0) is 23.4 Å². The summed E-state index contributed by atoms with van der Waals surface area (Å²) in [4.78, 5) is 13.4. The van der Waals surface area contributed by atoms with E-state index in [2.05, 4.69) is 15.4 Å². The molecule has 0 aliphatic carbocycles. The number of halogens is 1. The Kier molecular flexibility index (Phi) is 4.09. The van der Waals surface area contributed by atoms with Gasteiger partial charge in [0.25, 0.3) is 0 Å². The Labute approximate surface area is 131 Å². The number of hydrogen-bond donors (Lipinski definition) is 0. The van der Waals surface area contributed by atoms with Crippen LogP contribution in [0.2, 0.25) is 0 Å². The molecule has 0 saturated heterocycles. The van der Waals surface area contributed by atoms with E-state index in [1.807, 2.05) is 30.3 Å². The number of ketones is 1. The molecule has 3 rings (SSSR count). The highest BCUT2D eigenvalue weighted by Gasteiger charge is 2.13. The molecule has 0 amide bonds. The summed E-state index contributed by atoms with van der Waals surface area (Å²) in [5, 5.41) is 11.9. The van der Waals surface area contributed by atoms with Crippen LogP contribution in [-0.2, 0) is 6.54 Å². The first-order valence-electron chi connectivity index (χ1n) is 6.87. The van der Waals surface area contributed by atoms with Crippen LogP contribution in [0.4, 0.5) is 4.39 Å². The number of carbonyl (C=O) groups excluding carboxylic acids is 1. The lowest BCUT2D eigenvalue weighted by Gasteiger charge is -2.04. The maximum absolute atomic E-state index is 13.6. The first kappa shape index (κ1) is 14.8. The Morgan fingerprint density at radius 1 is 1.22 bits per heavy atom. The lowest BCUT2D eigenvalue weighted by atomic mass is 10.1. The Hall–Kier alpha value is -3.09. The summed E-state index contributed by atoms with van der Waals surface area (Å²) >= 11 is 0. The van der Waals surface area contributed by atoms with E-state index in [4.69, 9.17) is 4.74 Å². The van der Waals surface area contributed by atoms with E-state index in [0.717, 1.165) is 11.6 Å². The summed E-state index contributed by atoms with van der Waals surface area (Å²) in [7, 11) is 1.37. The first-order valence-corrected chi connectivity index (χ1v) is 6.87. The Balaban J connectivity index is 1.76. The summed E-state index contributed by atoms with van der Waals surface area (Å²) in [5.41, 5.74) is 1.03. The third-order valence-corrected chi connectivity index (χ3v) is 3.24. The van der Waals surface area contributed by atoms with E-state index < -0.39 is 5.82 Å². The maximum atomic E-state index is 13.6. The number of aromatic nitrogens is 4. The van der Waals surface area contributed by atoms with Gasteiger partial charge in [0.2, 0.25) is 5.82 Å². The second-order valence-electron chi connectivity index (χ2n) is 4.78. The summed E-state index contributed by atoms with van der Waals surface area (Å²) in [6, 6.07) is 13.4. The molecule has 6 nitrogen and oxygen atoms in total. The smallest absolute Gasteiger partial charge is 0.204 e. The summed E-state index contributed by atoms with van der Waals surface area (Å²) in [5.74, 6) is -0.385. The number of nitrogens with zero attached hydrogens (tertiary/aromatic N) is 4. The quantitative estimate of drug-likeness (QED) is 0.676. The van der Waals surface area contributed by atoms with Crippen molar-refractivity contribution in [3.05, 3.63) is 59.9 Å². The number of hydrogen-bond acceptors (Lipinski definition) is 5. The molecule has 3 aromatic rings. The van der Waals surface area contributed by atoms with Crippen LogP contribution in [-0.4, -0.2) is 33.1 Å². The molecule has 2 aromatic carbocycles. The van der Waals surface area contributed by atoms with Gasteiger partial charge < -0.3 is 4.74 Å². The zero-order valence-electron chi connectivity index (χ0n) is 12.3. The Morgan fingerprint density at radius 2 is 2.00 bits per heavy atom. The van der Waals surface area contributed by atoms with Crippen LogP contribution in [0.3, 0.4) is 0 Å². The number of tetrazole rings is 1. The molecule has 23 heavy (non-hydrogen) atoms. The van der Waals surface area contributed by atoms with E-state index >= 15 is 0 Å². The van der Waals surface area contributed by atoms with Gasteiger partial charge in [-0.15, -0.1) is 10.2 Å². The highest BCUT2D eigenvalue weighted by molar-refractivity contribution is 5.95. The van der Waals surface area contributed by atoms with Crippen LogP contribution in [0.1, 0.15) is 10.4 Å². The van der Waals surface area contributed by atoms with Gasteiger partial charge >= 0.3 is 0 Å². The number of ether oxygens (including phenoxy) is 1. The molecule has 116 valence electrons. The van der Waals surface area contributed by atoms with Crippen molar-refractivity contribution in [3.63, 3.8) is 0 Å². The summed E-state index contributed by atoms with van der Waals surface area (Å²) in [6.45, 7) is -0.119. The fourth-order valence-electron chi connectivity index (χ4n) is 2.07. The third-order valence-electron chi connectivity index (χ3n) is 3.24. The van der Waals surface area contributed by atoms with Gasteiger partial charge in [-0.3, -0.25) is 4.79 Å². The first-order chi connectivity index (χ1) is 11.2. The van der Waals surface area contributed by atoms with E-state index in [9.17, 15) is 9.18 Å². The lowest BCUT2D eigenvalue weighted by Crippen LogP contribution is -2.13. The molecule has 0 aliphatic heterocycles. The molecular weight excluding hydrogens is 299 g/mol. The Bertz CT molecular complexity index is 833. The molecule has 0 atom stereocenters. The third kappa shape index (κ3) is 3.23. The van der Waals surface area contributed by atoms with E-state index in [-0.39, 0.29) is 23.6 Å². The standard InChI is InChI=1S/C16H13FN4O2/c1-23-15-8-7-12(9-13(15)17)14(22)10-21-19-16(18-20-21)11-5-3-2-4-6-11/h2-9H,10H2,1H3. The van der Waals surface area contributed by atoms with Crippen molar-refractivity contribution >= 4 is 5.78 Å². The molecular formula is C16H13FN4O2. The van der Waals surface area contributed by atoms with Gasteiger partial charge in [-0.1, -0.05) is 30.3 Å². The van der Waals surface area contributed by atoms with Gasteiger partial charge in [0.05, 0.1) is 7.11 Å². The number of methoxy groups -OCH3 is 1. The fourth-order valence-corrected chi connectivity index (χ4v) is 2.07. The van der Waals surface area contributed by atoms with Crippen LogP contribution >= 0.6 is 0 Å². The van der Waals surface area contributed by atoms with Crippen LogP contribution in [0.25, 0.3) is 11.4 Å².